The van der Waals surface area contributed by atoms with Crippen LogP contribution in [0.25, 0.3) is 0 Å². The number of methoxy groups -OCH3 is 1. The number of likely N-dealkylation sites (N-methyl/N-ethyl adjacent to an activating group) is 1. The lowest BCUT2D eigenvalue weighted by atomic mass is 10.1. The Hall–Kier alpha value is -2.53. The molecule has 1 amide bonds. The molecule has 2 rings (SSSR count). The maximum absolute atomic E-state index is 12.4. The summed E-state index contributed by atoms with van der Waals surface area (Å²) in [7, 11) is 9.61. The van der Waals surface area contributed by atoms with Gasteiger partial charge in [-0.25, -0.2) is 0 Å². The quantitative estimate of drug-likeness (QED) is 0.841. The van der Waals surface area contributed by atoms with Crippen molar-refractivity contribution < 1.29 is 9.53 Å². The van der Waals surface area contributed by atoms with Gasteiger partial charge in [-0.1, -0.05) is 12.1 Å². The summed E-state index contributed by atoms with van der Waals surface area (Å²) < 4.78 is 5.30. The van der Waals surface area contributed by atoms with Gasteiger partial charge in [0.2, 0.25) is 0 Å². The van der Waals surface area contributed by atoms with Gasteiger partial charge < -0.3 is 19.9 Å². The van der Waals surface area contributed by atoms with Crippen molar-refractivity contribution >= 4 is 11.6 Å². The second-order valence-corrected chi connectivity index (χ2v) is 6.41. The summed E-state index contributed by atoms with van der Waals surface area (Å²) in [5.74, 6) is 0.745. The van der Waals surface area contributed by atoms with Crippen molar-refractivity contribution in [2.24, 2.45) is 0 Å². The fourth-order valence-electron chi connectivity index (χ4n) is 2.65. The summed E-state index contributed by atoms with van der Waals surface area (Å²) in [5, 5.41) is 3.03. The second-order valence-electron chi connectivity index (χ2n) is 6.41. The van der Waals surface area contributed by atoms with Gasteiger partial charge in [0.25, 0.3) is 5.91 Å². The molecular weight excluding hydrogens is 314 g/mol. The summed E-state index contributed by atoms with van der Waals surface area (Å²) in [6, 6.07) is 15.6. The van der Waals surface area contributed by atoms with Crippen LogP contribution in [-0.2, 0) is 0 Å². The lowest BCUT2D eigenvalue weighted by Crippen LogP contribution is -2.34. The Morgan fingerprint density at radius 2 is 1.76 bits per heavy atom. The molecule has 25 heavy (non-hydrogen) atoms. The van der Waals surface area contributed by atoms with Gasteiger partial charge in [0.05, 0.1) is 13.2 Å². The molecule has 0 aliphatic rings. The highest BCUT2D eigenvalue weighted by Crippen LogP contribution is 2.22. The first-order chi connectivity index (χ1) is 11.9. The average molecular weight is 341 g/mol. The van der Waals surface area contributed by atoms with E-state index in [0.29, 0.717) is 12.1 Å². The maximum atomic E-state index is 12.4. The smallest absolute Gasteiger partial charge is 0.251 e. The van der Waals surface area contributed by atoms with Gasteiger partial charge in [0.15, 0.2) is 0 Å². The van der Waals surface area contributed by atoms with Crippen molar-refractivity contribution in [3.05, 3.63) is 59.7 Å². The Bertz CT molecular complexity index is 696. The fourth-order valence-corrected chi connectivity index (χ4v) is 2.65. The molecule has 2 aromatic rings. The molecule has 134 valence electrons. The molecule has 1 N–H and O–H groups in total. The minimum atomic E-state index is -0.0694. The second kappa shape index (κ2) is 8.53. The van der Waals surface area contributed by atoms with Gasteiger partial charge in [-0.05, 0) is 56.1 Å². The Kier molecular flexibility index (Phi) is 6.42. The van der Waals surface area contributed by atoms with Gasteiger partial charge in [-0.3, -0.25) is 4.79 Å². The number of hydrogen-bond acceptors (Lipinski definition) is 4. The summed E-state index contributed by atoms with van der Waals surface area (Å²) in [6.07, 6.45) is 0. The SMILES string of the molecule is COc1cccc(C(CNC(=O)c2ccc(N(C)C)cc2)N(C)C)c1. The summed E-state index contributed by atoms with van der Waals surface area (Å²) in [6.45, 7) is 0.522. The van der Waals surface area contributed by atoms with Crippen LogP contribution in [0.15, 0.2) is 48.5 Å². The highest BCUT2D eigenvalue weighted by molar-refractivity contribution is 5.94. The number of carbonyl (C=O) groups excluding carboxylic acids is 1. The molecule has 0 radical (unpaired) electrons. The zero-order valence-electron chi connectivity index (χ0n) is 15.6. The molecule has 1 unspecified atom stereocenters. The van der Waals surface area contributed by atoms with Gasteiger partial charge in [0, 0.05) is 31.9 Å². The number of amides is 1. The summed E-state index contributed by atoms with van der Waals surface area (Å²) in [5.41, 5.74) is 2.83. The van der Waals surface area contributed by atoms with Crippen LogP contribution in [-0.4, -0.2) is 52.7 Å². The largest absolute Gasteiger partial charge is 0.497 e. The molecule has 0 bridgehead atoms. The van der Waals surface area contributed by atoms with E-state index in [-0.39, 0.29) is 11.9 Å². The number of anilines is 1. The molecule has 5 nitrogen and oxygen atoms in total. The van der Waals surface area contributed by atoms with Crippen molar-refractivity contribution in [3.63, 3.8) is 0 Å². The number of carbonyl (C=O) groups is 1. The highest BCUT2D eigenvalue weighted by atomic mass is 16.5. The third-order valence-corrected chi connectivity index (χ3v) is 4.20. The van der Waals surface area contributed by atoms with E-state index in [1.165, 1.54) is 0 Å². The van der Waals surface area contributed by atoms with Crippen LogP contribution in [0, 0.1) is 0 Å². The number of hydrogen-bond donors (Lipinski definition) is 1. The molecule has 5 heteroatoms. The van der Waals surface area contributed by atoms with Crippen LogP contribution in [0.3, 0.4) is 0 Å². The van der Waals surface area contributed by atoms with E-state index in [0.717, 1.165) is 17.0 Å². The number of rotatable bonds is 7. The van der Waals surface area contributed by atoms with Crippen molar-refractivity contribution in [2.75, 3.05) is 46.7 Å². The number of ether oxygens (including phenoxy) is 1. The van der Waals surface area contributed by atoms with E-state index in [9.17, 15) is 4.79 Å². The Labute approximate surface area is 150 Å². The van der Waals surface area contributed by atoms with Gasteiger partial charge in [-0.2, -0.15) is 0 Å². The van der Waals surface area contributed by atoms with Crippen LogP contribution in [0.5, 0.6) is 5.75 Å². The highest BCUT2D eigenvalue weighted by Gasteiger charge is 2.16. The lowest BCUT2D eigenvalue weighted by Gasteiger charge is -2.25. The van der Waals surface area contributed by atoms with Crippen molar-refractivity contribution in [1.82, 2.24) is 10.2 Å². The molecule has 0 saturated heterocycles. The predicted octanol–water partition coefficient (Wildman–Crippen LogP) is 2.79. The van der Waals surface area contributed by atoms with Crippen LogP contribution in [0.4, 0.5) is 5.69 Å². The predicted molar refractivity (Wildman–Crippen MR) is 103 cm³/mol. The summed E-state index contributed by atoms with van der Waals surface area (Å²) >= 11 is 0. The standard InChI is InChI=1S/C20H27N3O2/c1-22(2)17-11-9-15(10-12-17)20(24)21-14-19(23(3)4)16-7-6-8-18(13-16)25-5/h6-13,19H,14H2,1-5H3,(H,21,24). The van der Waals surface area contributed by atoms with Gasteiger partial charge >= 0.3 is 0 Å². The van der Waals surface area contributed by atoms with Crippen LogP contribution < -0.4 is 15.0 Å². The van der Waals surface area contributed by atoms with Crippen LogP contribution >= 0.6 is 0 Å². The van der Waals surface area contributed by atoms with Crippen molar-refractivity contribution in [2.45, 2.75) is 6.04 Å². The molecule has 2 aromatic carbocycles. The average Bonchev–Trinajstić information content (AvgIpc) is 2.61. The number of nitrogens with one attached hydrogen (secondary N) is 1. The molecular formula is C20H27N3O2. The van der Waals surface area contributed by atoms with Crippen molar-refractivity contribution in [3.8, 4) is 5.75 Å². The van der Waals surface area contributed by atoms with E-state index in [1.54, 1.807) is 7.11 Å². The minimum absolute atomic E-state index is 0.0694. The van der Waals surface area contributed by atoms with E-state index in [4.69, 9.17) is 4.74 Å². The monoisotopic (exact) mass is 341 g/mol. The Morgan fingerprint density at radius 3 is 2.32 bits per heavy atom. The van der Waals surface area contributed by atoms with Crippen LogP contribution in [0.2, 0.25) is 0 Å². The van der Waals surface area contributed by atoms with E-state index in [1.807, 2.05) is 81.6 Å². The maximum Gasteiger partial charge on any atom is 0.251 e. The molecule has 0 spiro atoms. The zero-order valence-corrected chi connectivity index (χ0v) is 15.6. The van der Waals surface area contributed by atoms with Gasteiger partial charge in [0.1, 0.15) is 5.75 Å². The van der Waals surface area contributed by atoms with E-state index in [2.05, 4.69) is 10.2 Å². The van der Waals surface area contributed by atoms with E-state index >= 15 is 0 Å². The third kappa shape index (κ3) is 4.97. The first-order valence-corrected chi connectivity index (χ1v) is 8.28. The normalized spacial score (nSPS) is 11.9. The number of benzene rings is 2. The van der Waals surface area contributed by atoms with E-state index < -0.39 is 0 Å². The molecule has 0 aromatic heterocycles. The molecule has 0 aliphatic carbocycles. The third-order valence-electron chi connectivity index (χ3n) is 4.20. The Balaban J connectivity index is 2.06. The minimum Gasteiger partial charge on any atom is -0.497 e. The molecule has 0 aliphatic heterocycles. The Morgan fingerprint density at radius 1 is 1.08 bits per heavy atom. The molecule has 0 heterocycles. The molecule has 1 atom stereocenters. The first kappa shape index (κ1) is 18.8. The molecule has 0 saturated carbocycles. The lowest BCUT2D eigenvalue weighted by molar-refractivity contribution is 0.0942. The molecule has 0 fully saturated rings. The first-order valence-electron chi connectivity index (χ1n) is 8.28. The summed E-state index contributed by atoms with van der Waals surface area (Å²) in [4.78, 5) is 16.5. The van der Waals surface area contributed by atoms with Crippen molar-refractivity contribution in [1.29, 1.82) is 0 Å². The number of nitrogens with zero attached hydrogens (tertiary/aromatic N) is 2. The fraction of sp³-hybridized carbons (Fsp3) is 0.350. The zero-order chi connectivity index (χ0) is 18.4. The van der Waals surface area contributed by atoms with Gasteiger partial charge in [-0.15, -0.1) is 0 Å². The van der Waals surface area contributed by atoms with Crippen LogP contribution in [0.1, 0.15) is 22.0 Å². The topological polar surface area (TPSA) is 44.8 Å².